The van der Waals surface area contributed by atoms with E-state index in [2.05, 4.69) is 55.8 Å². The Hall–Kier alpha value is -5.90. The molecule has 16 nitrogen and oxygen atoms in total. The van der Waals surface area contributed by atoms with Crippen molar-refractivity contribution in [2.75, 3.05) is 14.2 Å². The fourth-order valence-corrected chi connectivity index (χ4v) is 12.4. The lowest BCUT2D eigenvalue weighted by Gasteiger charge is -2.39. The summed E-state index contributed by atoms with van der Waals surface area (Å²) in [4.78, 5) is 75.1. The van der Waals surface area contributed by atoms with Gasteiger partial charge in [-0.25, -0.2) is 19.6 Å². The lowest BCUT2D eigenvalue weighted by molar-refractivity contribution is -0.141. The Bertz CT molecular complexity index is 2560. The lowest BCUT2D eigenvalue weighted by Crippen LogP contribution is -2.56. The SMILES string of the molecule is COC(=O)N[C@H](C(=O)N1[C@@H](C)CC[C@H]1c1ncc(-c2ccc3c(c2)COc2cc4c(cc2-3)CCc2[nH]c([C@@H]3C[C@@H]5CCC[C@@H]5N3C(=O)[C@@H](NC(=O)OC)C3C[C@@H](C)O[C@H](C)C3)nc2-4)[nH]1)C(C)C. The summed E-state index contributed by atoms with van der Waals surface area (Å²) in [5.41, 5.74) is 9.30. The van der Waals surface area contributed by atoms with Gasteiger partial charge in [0.05, 0.1) is 56.1 Å². The van der Waals surface area contributed by atoms with Gasteiger partial charge in [0.25, 0.3) is 0 Å². The van der Waals surface area contributed by atoms with Crippen LogP contribution in [-0.2, 0) is 43.2 Å². The van der Waals surface area contributed by atoms with Crippen molar-refractivity contribution in [3.63, 3.8) is 0 Å². The number of aryl methyl sites for hydroxylation is 2. The molecule has 1 saturated carbocycles. The third-order valence-corrected chi connectivity index (χ3v) is 15.6. The van der Waals surface area contributed by atoms with Gasteiger partial charge in [-0.15, -0.1) is 0 Å². The zero-order valence-electron chi connectivity index (χ0n) is 39.6. The highest BCUT2D eigenvalue weighted by Gasteiger charge is 2.51. The first-order valence-electron chi connectivity index (χ1n) is 24.4. The number of rotatable bonds is 9. The fraction of sp³-hybridized carbons (Fsp3) is 0.569. The molecule has 16 heteroatoms. The average molecular weight is 917 g/mol. The highest BCUT2D eigenvalue weighted by Crippen LogP contribution is 2.50. The topological polar surface area (TPSA) is 193 Å². The van der Waals surface area contributed by atoms with Crippen molar-refractivity contribution in [1.82, 2.24) is 40.4 Å². The normalized spacial score (nSPS) is 26.9. The number of nitrogens with one attached hydrogen (secondary N) is 4. The van der Waals surface area contributed by atoms with Gasteiger partial charge in [0.1, 0.15) is 36.1 Å². The van der Waals surface area contributed by atoms with Crippen LogP contribution in [0.3, 0.4) is 0 Å². The zero-order chi connectivity index (χ0) is 46.8. The Morgan fingerprint density at radius 2 is 1.57 bits per heavy atom. The summed E-state index contributed by atoms with van der Waals surface area (Å²) in [5, 5.41) is 5.70. The van der Waals surface area contributed by atoms with Gasteiger partial charge in [-0.1, -0.05) is 32.4 Å². The molecule has 0 radical (unpaired) electrons. The maximum Gasteiger partial charge on any atom is 0.407 e. The van der Waals surface area contributed by atoms with Crippen LogP contribution in [0.1, 0.15) is 127 Å². The minimum atomic E-state index is -0.723. The molecule has 4 N–H and O–H groups in total. The summed E-state index contributed by atoms with van der Waals surface area (Å²) in [5.74, 6) is 2.30. The minimum absolute atomic E-state index is 0.0139. The molecule has 9 atom stereocenters. The summed E-state index contributed by atoms with van der Waals surface area (Å²) in [6.07, 6.45) is 9.05. The van der Waals surface area contributed by atoms with E-state index in [1.54, 1.807) is 0 Å². The van der Waals surface area contributed by atoms with Gasteiger partial charge in [0.2, 0.25) is 11.8 Å². The van der Waals surface area contributed by atoms with E-state index in [0.717, 1.165) is 108 Å². The van der Waals surface area contributed by atoms with Gasteiger partial charge in [-0.05, 0) is 137 Å². The molecule has 6 aliphatic rings. The predicted octanol–water partition coefficient (Wildman–Crippen LogP) is 7.93. The van der Waals surface area contributed by atoms with Crippen LogP contribution in [0.2, 0.25) is 0 Å². The molecule has 4 fully saturated rings. The largest absolute Gasteiger partial charge is 0.488 e. The molecule has 2 aliphatic carbocycles. The number of nitrogens with zero attached hydrogens (tertiary/aromatic N) is 4. The van der Waals surface area contributed by atoms with Crippen molar-refractivity contribution < 1.29 is 38.1 Å². The molecule has 4 aliphatic heterocycles. The first-order chi connectivity index (χ1) is 32.3. The number of carbonyl (C=O) groups excluding carboxylic acids is 4. The van der Waals surface area contributed by atoms with Gasteiger partial charge in [0.15, 0.2) is 0 Å². The van der Waals surface area contributed by atoms with Crippen LogP contribution < -0.4 is 15.4 Å². The second-order valence-electron chi connectivity index (χ2n) is 20.2. The van der Waals surface area contributed by atoms with Gasteiger partial charge >= 0.3 is 12.2 Å². The number of aromatic nitrogens is 4. The van der Waals surface area contributed by atoms with Crippen LogP contribution >= 0.6 is 0 Å². The van der Waals surface area contributed by atoms with Gasteiger partial charge in [0, 0.05) is 28.9 Å². The van der Waals surface area contributed by atoms with E-state index in [0.29, 0.717) is 31.2 Å². The molecule has 4 aromatic rings. The second kappa shape index (κ2) is 18.0. The predicted molar refractivity (Wildman–Crippen MR) is 249 cm³/mol. The van der Waals surface area contributed by atoms with E-state index < -0.39 is 24.3 Å². The number of alkyl carbamates (subject to hydrolysis) is 2. The number of amides is 4. The van der Waals surface area contributed by atoms with Crippen molar-refractivity contribution in [1.29, 1.82) is 0 Å². The summed E-state index contributed by atoms with van der Waals surface area (Å²) >= 11 is 0. The number of methoxy groups -OCH3 is 2. The van der Waals surface area contributed by atoms with E-state index >= 15 is 0 Å². The Balaban J connectivity index is 0.895. The zero-order valence-corrected chi connectivity index (χ0v) is 39.6. The molecule has 67 heavy (non-hydrogen) atoms. The number of imidazole rings is 2. The van der Waals surface area contributed by atoms with Crippen LogP contribution in [0, 0.1) is 17.8 Å². The number of carbonyl (C=O) groups is 4. The maximum absolute atomic E-state index is 14.9. The maximum atomic E-state index is 14.9. The molecular weight excluding hydrogens is 853 g/mol. The van der Waals surface area contributed by atoms with Gasteiger partial charge in [-0.3, -0.25) is 9.59 Å². The first kappa shape index (κ1) is 44.9. The molecular formula is C51H64N8O8. The van der Waals surface area contributed by atoms with Crippen LogP contribution in [-0.4, -0.2) is 104 Å². The second-order valence-corrected chi connectivity index (χ2v) is 20.2. The van der Waals surface area contributed by atoms with E-state index in [-0.39, 0.29) is 60.0 Å². The molecule has 0 unspecified atom stereocenters. The van der Waals surface area contributed by atoms with Gasteiger partial charge in [-0.2, -0.15) is 0 Å². The van der Waals surface area contributed by atoms with E-state index in [1.807, 2.05) is 45.7 Å². The van der Waals surface area contributed by atoms with Crippen molar-refractivity contribution in [2.45, 2.75) is 154 Å². The van der Waals surface area contributed by atoms with Crippen molar-refractivity contribution in [2.24, 2.45) is 17.8 Å². The number of hydrogen-bond acceptors (Lipinski definition) is 10. The number of hydrogen-bond donors (Lipinski definition) is 4. The lowest BCUT2D eigenvalue weighted by atomic mass is 9.85. The highest BCUT2D eigenvalue weighted by molar-refractivity contribution is 5.88. The van der Waals surface area contributed by atoms with Crippen LogP contribution in [0.5, 0.6) is 5.75 Å². The monoisotopic (exact) mass is 916 g/mol. The number of aromatic amines is 2. The molecule has 3 saturated heterocycles. The summed E-state index contributed by atoms with van der Waals surface area (Å²) < 4.78 is 22.4. The quantitative estimate of drug-likeness (QED) is 0.128. The Kier molecular flexibility index (Phi) is 12.0. The third kappa shape index (κ3) is 8.22. The molecule has 0 spiro atoms. The van der Waals surface area contributed by atoms with E-state index in [1.165, 1.54) is 19.8 Å². The molecule has 356 valence electrons. The Morgan fingerprint density at radius 3 is 2.33 bits per heavy atom. The van der Waals surface area contributed by atoms with E-state index in [9.17, 15) is 19.2 Å². The van der Waals surface area contributed by atoms with Crippen LogP contribution in [0.25, 0.3) is 33.6 Å². The van der Waals surface area contributed by atoms with Gasteiger partial charge < -0.3 is 49.3 Å². The standard InChI is InChI=1S/C51H64N8O8/c1-25(2)43(56-50(62)64-6)48(60)58-26(3)11-16-40(58)46-52-23-38(54-46)30-12-14-34-33(19-30)24-66-42-22-35-29(20-36(34)42)13-15-37-45(35)55-47(53-37)41-21-31-9-8-10-39(31)59(41)49(61)44(57-51(63)65-7)32-17-27(4)67-28(5)18-32/h12,14,19-20,22-23,25-28,31-32,39-41,43-44H,8-11,13,15-18,21,24H2,1-7H3,(H,52,54)(H,53,55)(H,56,62)(H,57,63)/t26-,27+,28+,31-,39-,40-,41-,43-,44-/m0/s1. The third-order valence-electron chi connectivity index (χ3n) is 15.6. The Labute approximate surface area is 391 Å². The van der Waals surface area contributed by atoms with Crippen molar-refractivity contribution in [3.8, 4) is 39.4 Å². The average Bonchev–Trinajstić information content (AvgIpc) is 4.17. The molecule has 2 aromatic heterocycles. The van der Waals surface area contributed by atoms with Crippen LogP contribution in [0.15, 0.2) is 36.5 Å². The highest BCUT2D eigenvalue weighted by atomic mass is 16.5. The van der Waals surface area contributed by atoms with E-state index in [4.69, 9.17) is 28.9 Å². The minimum Gasteiger partial charge on any atom is -0.488 e. The number of likely N-dealkylation sites (tertiary alicyclic amines) is 2. The summed E-state index contributed by atoms with van der Waals surface area (Å²) in [7, 11) is 2.64. The number of benzene rings is 2. The molecule has 6 heterocycles. The number of fused-ring (bicyclic) bond motifs is 7. The fourth-order valence-electron chi connectivity index (χ4n) is 12.4. The van der Waals surface area contributed by atoms with Crippen LogP contribution in [0.4, 0.5) is 9.59 Å². The van der Waals surface area contributed by atoms with Crippen molar-refractivity contribution >= 4 is 24.0 Å². The molecule has 2 aromatic carbocycles. The molecule has 4 amide bonds. The smallest absolute Gasteiger partial charge is 0.407 e. The summed E-state index contributed by atoms with van der Waals surface area (Å²) in [6, 6.07) is 8.98. The molecule has 0 bridgehead atoms. The Morgan fingerprint density at radius 1 is 0.791 bits per heavy atom. The summed E-state index contributed by atoms with van der Waals surface area (Å²) in [6.45, 7) is 10.3. The van der Waals surface area contributed by atoms with Crippen molar-refractivity contribution in [3.05, 3.63) is 65.0 Å². The molecule has 10 rings (SSSR count). The first-order valence-corrected chi connectivity index (χ1v) is 24.4. The number of ether oxygens (including phenoxy) is 4. The number of H-pyrrole nitrogens is 2.